The van der Waals surface area contributed by atoms with E-state index in [9.17, 15) is 23.1 Å². The highest BCUT2D eigenvalue weighted by molar-refractivity contribution is 5.85. The molecule has 1 aliphatic heterocycles. The van der Waals surface area contributed by atoms with Crippen LogP contribution in [0.25, 0.3) is 11.3 Å². The van der Waals surface area contributed by atoms with Gasteiger partial charge in [-0.1, -0.05) is 13.8 Å². The second-order valence-electron chi connectivity index (χ2n) is 11.6. The number of carboxylic acids is 1. The molecular formula is C28H38F3N3O4. The van der Waals surface area contributed by atoms with Crippen LogP contribution in [-0.2, 0) is 9.53 Å². The number of aryl methyl sites for hydroxylation is 1. The zero-order valence-corrected chi connectivity index (χ0v) is 23.0. The lowest BCUT2D eigenvalue weighted by Gasteiger charge is -2.40. The molecule has 1 atom stereocenters. The van der Waals surface area contributed by atoms with E-state index in [-0.39, 0.29) is 18.4 Å². The van der Waals surface area contributed by atoms with E-state index in [4.69, 9.17) is 9.47 Å². The number of piperidine rings is 1. The summed E-state index contributed by atoms with van der Waals surface area (Å²) in [6, 6.07) is 3.37. The molecule has 3 rings (SSSR count). The summed E-state index contributed by atoms with van der Waals surface area (Å²) in [6.45, 7) is 13.1. The molecule has 0 saturated carbocycles. The SMILES string of the molecule is Cc1ncc(-c2ccc(OCCCC(F)(F)F)cn2)c(N2CCC(C)(C)CC2)c1[C@H](OC(C)(C)C)C(=O)O. The van der Waals surface area contributed by atoms with Gasteiger partial charge in [0, 0.05) is 42.5 Å². The van der Waals surface area contributed by atoms with Crippen LogP contribution >= 0.6 is 0 Å². The van der Waals surface area contributed by atoms with Gasteiger partial charge in [0.2, 0.25) is 0 Å². The summed E-state index contributed by atoms with van der Waals surface area (Å²) in [7, 11) is 0. The monoisotopic (exact) mass is 537 g/mol. The number of halogens is 3. The van der Waals surface area contributed by atoms with Crippen molar-refractivity contribution in [1.82, 2.24) is 9.97 Å². The Morgan fingerprint density at radius 3 is 2.32 bits per heavy atom. The second kappa shape index (κ2) is 11.5. The number of ether oxygens (including phenoxy) is 2. The first-order valence-corrected chi connectivity index (χ1v) is 12.9. The number of alkyl halides is 3. The van der Waals surface area contributed by atoms with Gasteiger partial charge in [0.15, 0.2) is 6.10 Å². The summed E-state index contributed by atoms with van der Waals surface area (Å²) in [5, 5.41) is 10.2. The van der Waals surface area contributed by atoms with Crippen LogP contribution in [0.4, 0.5) is 18.9 Å². The van der Waals surface area contributed by atoms with Crippen LogP contribution in [0.3, 0.4) is 0 Å². The number of anilines is 1. The number of aromatic nitrogens is 2. The second-order valence-corrected chi connectivity index (χ2v) is 11.6. The quantitative estimate of drug-likeness (QED) is 0.355. The molecule has 0 bridgehead atoms. The first kappa shape index (κ1) is 29.7. The first-order chi connectivity index (χ1) is 17.6. The minimum absolute atomic E-state index is 0.0734. The number of aliphatic carboxylic acids is 1. The van der Waals surface area contributed by atoms with E-state index in [1.165, 1.54) is 6.20 Å². The molecule has 0 aromatic carbocycles. The molecule has 1 fully saturated rings. The average molecular weight is 538 g/mol. The molecule has 2 aromatic heterocycles. The molecular weight excluding hydrogens is 499 g/mol. The lowest BCUT2D eigenvalue weighted by molar-refractivity contribution is -0.160. The van der Waals surface area contributed by atoms with E-state index < -0.39 is 30.3 Å². The van der Waals surface area contributed by atoms with Crippen molar-refractivity contribution in [3.05, 3.63) is 35.8 Å². The molecule has 0 radical (unpaired) electrons. The lowest BCUT2D eigenvalue weighted by Crippen LogP contribution is -2.39. The van der Waals surface area contributed by atoms with Crippen molar-refractivity contribution in [3.63, 3.8) is 0 Å². The molecule has 0 amide bonds. The van der Waals surface area contributed by atoms with Crippen LogP contribution in [0.1, 0.15) is 77.7 Å². The zero-order valence-electron chi connectivity index (χ0n) is 23.0. The molecule has 38 heavy (non-hydrogen) atoms. The highest BCUT2D eigenvalue weighted by Crippen LogP contribution is 2.43. The lowest BCUT2D eigenvalue weighted by atomic mass is 9.82. The minimum Gasteiger partial charge on any atom is -0.492 e. The normalized spacial score (nSPS) is 16.8. The summed E-state index contributed by atoms with van der Waals surface area (Å²) in [5.41, 5.74) is 2.48. The summed E-state index contributed by atoms with van der Waals surface area (Å²) >= 11 is 0. The molecule has 1 aliphatic rings. The van der Waals surface area contributed by atoms with Crippen LogP contribution in [0.15, 0.2) is 24.5 Å². The number of carboxylic acid groups (broad SMARTS) is 1. The number of pyridine rings is 2. The molecule has 1 saturated heterocycles. The third-order valence-corrected chi connectivity index (χ3v) is 6.56. The van der Waals surface area contributed by atoms with E-state index in [0.29, 0.717) is 28.3 Å². The van der Waals surface area contributed by atoms with Crippen molar-refractivity contribution in [2.75, 3.05) is 24.6 Å². The van der Waals surface area contributed by atoms with Crippen LogP contribution in [-0.4, -0.2) is 52.5 Å². The van der Waals surface area contributed by atoms with Crippen LogP contribution in [0, 0.1) is 12.3 Å². The maximum Gasteiger partial charge on any atom is 0.389 e. The summed E-state index contributed by atoms with van der Waals surface area (Å²) < 4.78 is 48.7. The molecule has 2 aromatic rings. The standard InChI is InChI=1S/C28H38F3N3O4/c1-18-22(24(25(35)36)38-26(2,3)4)23(34-13-11-27(5,6)12-14-34)20(17-32-18)21-9-8-19(16-33-21)37-15-7-10-28(29,30)31/h8-9,16-17,24H,7,10-15H2,1-6H3,(H,35,36)/t24-/m0/s1. The highest BCUT2D eigenvalue weighted by Gasteiger charge is 2.36. The smallest absolute Gasteiger partial charge is 0.389 e. The maximum atomic E-state index is 12.5. The topological polar surface area (TPSA) is 84.8 Å². The number of nitrogens with zero attached hydrogens (tertiary/aromatic N) is 3. The van der Waals surface area contributed by atoms with Crippen molar-refractivity contribution in [3.8, 4) is 17.0 Å². The summed E-state index contributed by atoms with van der Waals surface area (Å²) in [4.78, 5) is 23.7. The molecule has 0 spiro atoms. The molecule has 0 unspecified atom stereocenters. The molecule has 7 nitrogen and oxygen atoms in total. The van der Waals surface area contributed by atoms with Gasteiger partial charge in [0.25, 0.3) is 0 Å². The van der Waals surface area contributed by atoms with Crippen molar-refractivity contribution in [2.45, 2.75) is 85.1 Å². The molecule has 210 valence electrons. The van der Waals surface area contributed by atoms with Crippen molar-refractivity contribution < 1.29 is 32.5 Å². The Morgan fingerprint density at radius 1 is 1.13 bits per heavy atom. The number of carbonyl (C=O) groups is 1. The largest absolute Gasteiger partial charge is 0.492 e. The van der Waals surface area contributed by atoms with E-state index in [2.05, 4.69) is 28.7 Å². The van der Waals surface area contributed by atoms with Gasteiger partial charge in [-0.3, -0.25) is 9.97 Å². The Bertz CT molecular complexity index is 1100. The van der Waals surface area contributed by atoms with Crippen molar-refractivity contribution in [2.24, 2.45) is 5.41 Å². The van der Waals surface area contributed by atoms with E-state index in [0.717, 1.165) is 31.6 Å². The van der Waals surface area contributed by atoms with E-state index in [1.54, 1.807) is 25.3 Å². The van der Waals surface area contributed by atoms with Gasteiger partial charge in [0.05, 0.1) is 29.8 Å². The Kier molecular flexibility index (Phi) is 8.96. The minimum atomic E-state index is -4.22. The number of hydrogen-bond donors (Lipinski definition) is 1. The number of hydrogen-bond acceptors (Lipinski definition) is 6. The fourth-order valence-electron chi connectivity index (χ4n) is 4.46. The highest BCUT2D eigenvalue weighted by atomic mass is 19.4. The Balaban J connectivity index is 2.01. The van der Waals surface area contributed by atoms with Gasteiger partial charge in [-0.25, -0.2) is 4.79 Å². The fourth-order valence-corrected chi connectivity index (χ4v) is 4.46. The third-order valence-electron chi connectivity index (χ3n) is 6.56. The van der Waals surface area contributed by atoms with Gasteiger partial charge in [-0.2, -0.15) is 13.2 Å². The van der Waals surface area contributed by atoms with Gasteiger partial charge < -0.3 is 19.5 Å². The molecule has 1 N–H and O–H groups in total. The van der Waals surface area contributed by atoms with Crippen LogP contribution < -0.4 is 9.64 Å². The third kappa shape index (κ3) is 8.06. The summed E-state index contributed by atoms with van der Waals surface area (Å²) in [5.74, 6) is -0.743. The average Bonchev–Trinajstić information content (AvgIpc) is 2.80. The first-order valence-electron chi connectivity index (χ1n) is 12.9. The van der Waals surface area contributed by atoms with Crippen molar-refractivity contribution >= 4 is 11.7 Å². The maximum absolute atomic E-state index is 12.5. The Hall–Kier alpha value is -2.88. The van der Waals surface area contributed by atoms with Gasteiger partial charge in [-0.15, -0.1) is 0 Å². The Morgan fingerprint density at radius 2 is 1.79 bits per heavy atom. The zero-order chi connectivity index (χ0) is 28.3. The van der Waals surface area contributed by atoms with E-state index in [1.807, 2.05) is 20.8 Å². The van der Waals surface area contributed by atoms with Crippen molar-refractivity contribution in [1.29, 1.82) is 0 Å². The predicted octanol–water partition coefficient (Wildman–Crippen LogP) is 6.74. The van der Waals surface area contributed by atoms with Crippen LogP contribution in [0.5, 0.6) is 5.75 Å². The fraction of sp³-hybridized carbons (Fsp3) is 0.607. The Labute approximate surface area is 222 Å². The molecule has 3 heterocycles. The molecule has 0 aliphatic carbocycles. The number of rotatable bonds is 9. The summed E-state index contributed by atoms with van der Waals surface area (Å²) in [6.07, 6.45) is -1.48. The van der Waals surface area contributed by atoms with E-state index >= 15 is 0 Å². The van der Waals surface area contributed by atoms with Gasteiger partial charge >= 0.3 is 12.1 Å². The van der Waals surface area contributed by atoms with Gasteiger partial charge in [-0.05, 0) is 64.5 Å². The molecule has 10 heteroatoms. The van der Waals surface area contributed by atoms with Gasteiger partial charge in [0.1, 0.15) is 5.75 Å². The predicted molar refractivity (Wildman–Crippen MR) is 139 cm³/mol. The van der Waals surface area contributed by atoms with Crippen LogP contribution in [0.2, 0.25) is 0 Å².